The van der Waals surface area contributed by atoms with Gasteiger partial charge in [-0.3, -0.25) is 0 Å². The van der Waals surface area contributed by atoms with Crippen LogP contribution in [0.4, 0.5) is 0 Å². The second-order valence-electron chi connectivity index (χ2n) is 6.79. The maximum atomic E-state index is 9.45. The van der Waals surface area contributed by atoms with Crippen LogP contribution in [0.3, 0.4) is 0 Å². The lowest BCUT2D eigenvalue weighted by atomic mass is 9.84. The molecule has 1 aliphatic rings. The average Bonchev–Trinajstić information content (AvgIpc) is 2.50. The molecule has 3 atom stereocenters. The predicted octanol–water partition coefficient (Wildman–Crippen LogP) is 2.10. The van der Waals surface area contributed by atoms with Crippen LogP contribution in [0.1, 0.15) is 47.0 Å². The van der Waals surface area contributed by atoms with Crippen LogP contribution in [0.5, 0.6) is 0 Å². The summed E-state index contributed by atoms with van der Waals surface area (Å²) in [7, 11) is 2.12. The second-order valence-corrected chi connectivity index (χ2v) is 6.79. The van der Waals surface area contributed by atoms with E-state index in [4.69, 9.17) is 0 Å². The molecular weight excluding hydrogens is 224 g/mol. The fraction of sp³-hybridized carbons (Fsp3) is 1.00. The van der Waals surface area contributed by atoms with Crippen LogP contribution in [0.2, 0.25) is 0 Å². The second kappa shape index (κ2) is 6.88. The number of nitrogens with zero attached hydrogens (tertiary/aromatic N) is 1. The van der Waals surface area contributed by atoms with Gasteiger partial charge in [0.1, 0.15) is 0 Å². The lowest BCUT2D eigenvalue weighted by molar-refractivity contribution is 0.123. The minimum atomic E-state index is -0.230. The van der Waals surface area contributed by atoms with Crippen LogP contribution in [-0.2, 0) is 0 Å². The molecule has 1 saturated carbocycles. The van der Waals surface area contributed by atoms with Crippen LogP contribution in [0, 0.1) is 11.3 Å². The zero-order valence-electron chi connectivity index (χ0n) is 12.9. The standard InChI is InChI=1S/C15H32N2O/c1-6-9-16-14-13(7-8-15(14,3)4)11-17(5)10-12(2)18/h12-14,16,18H,6-11H2,1-5H3. The van der Waals surface area contributed by atoms with Gasteiger partial charge in [-0.1, -0.05) is 20.8 Å². The molecule has 0 aromatic rings. The van der Waals surface area contributed by atoms with Gasteiger partial charge in [-0.15, -0.1) is 0 Å². The number of hydrogen-bond donors (Lipinski definition) is 2. The van der Waals surface area contributed by atoms with E-state index in [1.807, 2.05) is 6.92 Å². The van der Waals surface area contributed by atoms with Gasteiger partial charge < -0.3 is 15.3 Å². The van der Waals surface area contributed by atoms with E-state index in [9.17, 15) is 5.11 Å². The van der Waals surface area contributed by atoms with Crippen molar-refractivity contribution in [1.82, 2.24) is 10.2 Å². The molecule has 18 heavy (non-hydrogen) atoms. The SMILES string of the molecule is CCCNC1C(CN(C)CC(C)O)CCC1(C)C. The first-order valence-corrected chi connectivity index (χ1v) is 7.46. The van der Waals surface area contributed by atoms with E-state index < -0.39 is 0 Å². The number of aliphatic hydroxyl groups excluding tert-OH is 1. The van der Waals surface area contributed by atoms with Gasteiger partial charge in [0.15, 0.2) is 0 Å². The molecule has 0 radical (unpaired) electrons. The molecule has 0 aromatic carbocycles. The smallest absolute Gasteiger partial charge is 0.0638 e. The van der Waals surface area contributed by atoms with Gasteiger partial charge in [0.05, 0.1) is 6.10 Å². The number of nitrogens with one attached hydrogen (secondary N) is 1. The summed E-state index contributed by atoms with van der Waals surface area (Å²) >= 11 is 0. The van der Waals surface area contributed by atoms with Crippen molar-refractivity contribution >= 4 is 0 Å². The molecular formula is C15H32N2O. The van der Waals surface area contributed by atoms with E-state index >= 15 is 0 Å². The summed E-state index contributed by atoms with van der Waals surface area (Å²) < 4.78 is 0. The summed E-state index contributed by atoms with van der Waals surface area (Å²) in [5, 5.41) is 13.2. The maximum absolute atomic E-state index is 9.45. The van der Waals surface area contributed by atoms with Crippen molar-refractivity contribution in [3.63, 3.8) is 0 Å². The highest BCUT2D eigenvalue weighted by atomic mass is 16.3. The van der Waals surface area contributed by atoms with E-state index in [-0.39, 0.29) is 6.10 Å². The Hall–Kier alpha value is -0.120. The molecule has 1 fully saturated rings. The van der Waals surface area contributed by atoms with E-state index in [0.29, 0.717) is 11.5 Å². The fourth-order valence-corrected chi connectivity index (χ4v) is 3.38. The molecule has 3 heteroatoms. The molecule has 108 valence electrons. The van der Waals surface area contributed by atoms with Gasteiger partial charge in [0, 0.05) is 19.1 Å². The summed E-state index contributed by atoms with van der Waals surface area (Å²) in [4.78, 5) is 2.28. The van der Waals surface area contributed by atoms with Crippen LogP contribution >= 0.6 is 0 Å². The lowest BCUT2D eigenvalue weighted by Gasteiger charge is -2.33. The van der Waals surface area contributed by atoms with Crippen LogP contribution in [0.25, 0.3) is 0 Å². The molecule has 0 spiro atoms. The molecule has 0 aromatic heterocycles. The first kappa shape index (κ1) is 15.9. The summed E-state index contributed by atoms with van der Waals surface area (Å²) in [5.41, 5.74) is 0.408. The van der Waals surface area contributed by atoms with Crippen molar-refractivity contribution in [3.05, 3.63) is 0 Å². The Labute approximate surface area is 113 Å². The van der Waals surface area contributed by atoms with Gasteiger partial charge in [0.25, 0.3) is 0 Å². The molecule has 3 unspecified atom stereocenters. The van der Waals surface area contributed by atoms with Crippen LogP contribution in [0.15, 0.2) is 0 Å². The Kier molecular flexibility index (Phi) is 6.09. The highest BCUT2D eigenvalue weighted by Gasteiger charge is 2.41. The molecule has 0 aliphatic heterocycles. The molecule has 0 amide bonds. The molecule has 1 aliphatic carbocycles. The van der Waals surface area contributed by atoms with Crippen molar-refractivity contribution in [2.45, 2.75) is 59.1 Å². The normalized spacial score (nSPS) is 28.8. The Balaban J connectivity index is 2.52. The third kappa shape index (κ3) is 4.52. The molecule has 0 heterocycles. The summed E-state index contributed by atoms with van der Waals surface area (Å²) in [6, 6.07) is 0.619. The number of hydrogen-bond acceptors (Lipinski definition) is 3. The zero-order chi connectivity index (χ0) is 13.8. The number of likely N-dealkylation sites (N-methyl/N-ethyl adjacent to an activating group) is 1. The van der Waals surface area contributed by atoms with Gasteiger partial charge in [0.2, 0.25) is 0 Å². The van der Waals surface area contributed by atoms with Crippen LogP contribution < -0.4 is 5.32 Å². The average molecular weight is 256 g/mol. The minimum Gasteiger partial charge on any atom is -0.392 e. The van der Waals surface area contributed by atoms with Crippen molar-refractivity contribution in [2.75, 3.05) is 26.7 Å². The van der Waals surface area contributed by atoms with Gasteiger partial charge >= 0.3 is 0 Å². The molecule has 3 nitrogen and oxygen atoms in total. The molecule has 0 saturated heterocycles. The molecule has 0 bridgehead atoms. The predicted molar refractivity (Wildman–Crippen MR) is 77.8 cm³/mol. The fourth-order valence-electron chi connectivity index (χ4n) is 3.38. The Bertz CT molecular complexity index is 241. The summed E-state index contributed by atoms with van der Waals surface area (Å²) in [6.07, 6.45) is 3.58. The maximum Gasteiger partial charge on any atom is 0.0638 e. The largest absolute Gasteiger partial charge is 0.392 e. The quantitative estimate of drug-likeness (QED) is 0.732. The minimum absolute atomic E-state index is 0.230. The third-order valence-corrected chi connectivity index (χ3v) is 4.21. The number of rotatable bonds is 7. The first-order chi connectivity index (χ1) is 8.36. The molecule has 1 rings (SSSR count). The Morgan fingerprint density at radius 3 is 2.67 bits per heavy atom. The van der Waals surface area contributed by atoms with E-state index in [2.05, 4.69) is 38.0 Å². The van der Waals surface area contributed by atoms with Crippen molar-refractivity contribution in [3.8, 4) is 0 Å². The topological polar surface area (TPSA) is 35.5 Å². The molecule has 2 N–H and O–H groups in total. The van der Waals surface area contributed by atoms with E-state index in [1.165, 1.54) is 19.3 Å². The highest BCUT2D eigenvalue weighted by Crippen LogP contribution is 2.41. The highest BCUT2D eigenvalue weighted by molar-refractivity contribution is 4.96. The monoisotopic (exact) mass is 256 g/mol. The van der Waals surface area contributed by atoms with E-state index in [0.717, 1.165) is 25.6 Å². The van der Waals surface area contributed by atoms with Crippen molar-refractivity contribution in [2.24, 2.45) is 11.3 Å². The van der Waals surface area contributed by atoms with Gasteiger partial charge in [-0.05, 0) is 51.1 Å². The van der Waals surface area contributed by atoms with Gasteiger partial charge in [-0.25, -0.2) is 0 Å². The summed E-state index contributed by atoms with van der Waals surface area (Å²) in [5.74, 6) is 0.718. The lowest BCUT2D eigenvalue weighted by Crippen LogP contribution is -2.46. The van der Waals surface area contributed by atoms with Crippen LogP contribution in [-0.4, -0.2) is 48.8 Å². The number of aliphatic hydroxyl groups is 1. The first-order valence-electron chi connectivity index (χ1n) is 7.46. The van der Waals surface area contributed by atoms with Crippen molar-refractivity contribution < 1.29 is 5.11 Å². The van der Waals surface area contributed by atoms with Crippen molar-refractivity contribution in [1.29, 1.82) is 0 Å². The van der Waals surface area contributed by atoms with Gasteiger partial charge in [-0.2, -0.15) is 0 Å². The van der Waals surface area contributed by atoms with E-state index in [1.54, 1.807) is 0 Å². The third-order valence-electron chi connectivity index (χ3n) is 4.21. The Morgan fingerprint density at radius 1 is 1.44 bits per heavy atom. The summed E-state index contributed by atoms with van der Waals surface area (Å²) in [6.45, 7) is 11.8. The zero-order valence-corrected chi connectivity index (χ0v) is 12.9. The Morgan fingerprint density at radius 2 is 2.11 bits per heavy atom.